The molecule has 2 aliphatic rings. The summed E-state index contributed by atoms with van der Waals surface area (Å²) in [6.07, 6.45) is 6.21. The van der Waals surface area contributed by atoms with E-state index in [0.717, 1.165) is 12.8 Å². The summed E-state index contributed by atoms with van der Waals surface area (Å²) < 4.78 is 7.92. The van der Waals surface area contributed by atoms with Crippen LogP contribution in [0.4, 0.5) is 0 Å². The zero-order valence-corrected chi connectivity index (χ0v) is 18.6. The predicted octanol–water partition coefficient (Wildman–Crippen LogP) is 1.01. The van der Waals surface area contributed by atoms with Gasteiger partial charge in [-0.3, -0.25) is 19.0 Å². The molecule has 10 nitrogen and oxygen atoms in total. The van der Waals surface area contributed by atoms with Gasteiger partial charge in [-0.1, -0.05) is 20.8 Å². The van der Waals surface area contributed by atoms with Crippen molar-refractivity contribution in [3.8, 4) is 5.88 Å². The van der Waals surface area contributed by atoms with Crippen molar-refractivity contribution in [3.05, 3.63) is 33.8 Å². The number of aromatic nitrogens is 3. The van der Waals surface area contributed by atoms with E-state index in [1.807, 2.05) is 20.8 Å². The second-order valence-corrected chi connectivity index (χ2v) is 9.50. The molecule has 1 saturated heterocycles. The topological polar surface area (TPSA) is 118 Å². The lowest BCUT2D eigenvalue weighted by molar-refractivity contribution is -0.129. The molecule has 1 aliphatic heterocycles. The van der Waals surface area contributed by atoms with Gasteiger partial charge >= 0.3 is 0 Å². The predicted molar refractivity (Wildman–Crippen MR) is 117 cm³/mol. The zero-order valence-electron chi connectivity index (χ0n) is 18.6. The van der Waals surface area contributed by atoms with E-state index in [2.05, 4.69) is 10.4 Å². The van der Waals surface area contributed by atoms with Crippen molar-refractivity contribution >= 4 is 23.5 Å². The van der Waals surface area contributed by atoms with E-state index in [1.165, 1.54) is 21.4 Å². The highest BCUT2D eigenvalue weighted by Crippen LogP contribution is 2.25. The molecule has 1 saturated carbocycles. The molecule has 0 spiro atoms. The van der Waals surface area contributed by atoms with Crippen molar-refractivity contribution in [2.75, 3.05) is 26.3 Å². The Hall–Kier alpha value is -3.14. The van der Waals surface area contributed by atoms with E-state index in [4.69, 9.17) is 4.74 Å². The molecule has 0 bridgehead atoms. The standard InChI is InChI=1S/C22H29N5O5/c1-22(2,3)13-26-19-14(4-7-16(28)25-8-10-32-11-9-25)12-23-27(19)21(31)17(20(26)30)18(29)24-15-5-6-15/h4,7,12,15,31H,5-6,8-11,13H2,1-3H3,(H,24,29)/b7-4+. The number of carbonyl (C=O) groups excluding carboxylic acids is 2. The minimum atomic E-state index is -0.602. The maximum atomic E-state index is 13.3. The summed E-state index contributed by atoms with van der Waals surface area (Å²) in [6, 6.07) is 0.0374. The van der Waals surface area contributed by atoms with Crippen LogP contribution in [0.3, 0.4) is 0 Å². The van der Waals surface area contributed by atoms with Crippen LogP contribution in [0.2, 0.25) is 0 Å². The summed E-state index contributed by atoms with van der Waals surface area (Å²) >= 11 is 0. The highest BCUT2D eigenvalue weighted by molar-refractivity contribution is 5.97. The van der Waals surface area contributed by atoms with Crippen LogP contribution in [0, 0.1) is 5.41 Å². The third-order valence-corrected chi connectivity index (χ3v) is 5.41. The summed E-state index contributed by atoms with van der Waals surface area (Å²) in [5.74, 6) is -1.27. The quantitative estimate of drug-likeness (QED) is 0.666. The molecular formula is C22H29N5O5. The molecule has 2 amide bonds. The molecule has 0 radical (unpaired) electrons. The zero-order chi connectivity index (χ0) is 23.0. The number of aromatic hydroxyl groups is 1. The van der Waals surface area contributed by atoms with E-state index in [1.54, 1.807) is 11.0 Å². The van der Waals surface area contributed by atoms with E-state index >= 15 is 0 Å². The molecule has 2 aromatic rings. The maximum absolute atomic E-state index is 13.3. The highest BCUT2D eigenvalue weighted by Gasteiger charge is 2.30. The molecule has 2 fully saturated rings. The number of nitrogens with zero attached hydrogens (tertiary/aromatic N) is 4. The van der Waals surface area contributed by atoms with Gasteiger partial charge in [0.2, 0.25) is 11.8 Å². The Kier molecular flexibility index (Phi) is 5.81. The van der Waals surface area contributed by atoms with Gasteiger partial charge in [-0.2, -0.15) is 9.61 Å². The monoisotopic (exact) mass is 443 g/mol. The van der Waals surface area contributed by atoms with Crippen LogP contribution in [0.1, 0.15) is 49.5 Å². The number of fused-ring (bicyclic) bond motifs is 1. The van der Waals surface area contributed by atoms with Crippen LogP contribution in [-0.4, -0.2) is 68.3 Å². The van der Waals surface area contributed by atoms with Gasteiger partial charge in [-0.15, -0.1) is 0 Å². The largest absolute Gasteiger partial charge is 0.492 e. The Morgan fingerprint density at radius 3 is 2.59 bits per heavy atom. The number of morpholine rings is 1. The molecule has 2 aromatic heterocycles. The molecular weight excluding hydrogens is 414 g/mol. The third-order valence-electron chi connectivity index (χ3n) is 5.41. The normalized spacial score (nSPS) is 17.3. The first-order valence-corrected chi connectivity index (χ1v) is 10.8. The first kappa shape index (κ1) is 22.1. The maximum Gasteiger partial charge on any atom is 0.270 e. The number of hydrogen-bond donors (Lipinski definition) is 2. The Balaban J connectivity index is 1.78. The van der Waals surface area contributed by atoms with Gasteiger partial charge in [0.1, 0.15) is 5.65 Å². The number of ether oxygens (including phenoxy) is 1. The summed E-state index contributed by atoms with van der Waals surface area (Å²) in [5.41, 5.74) is -0.372. The smallest absolute Gasteiger partial charge is 0.270 e. The van der Waals surface area contributed by atoms with Crippen molar-refractivity contribution in [1.29, 1.82) is 0 Å². The average molecular weight is 444 g/mol. The van der Waals surface area contributed by atoms with Gasteiger partial charge in [0.15, 0.2) is 5.56 Å². The van der Waals surface area contributed by atoms with Gasteiger partial charge in [-0.25, -0.2) is 0 Å². The third kappa shape index (κ3) is 4.55. The molecule has 0 unspecified atom stereocenters. The molecule has 0 aromatic carbocycles. The Morgan fingerprint density at radius 1 is 1.28 bits per heavy atom. The number of hydrogen-bond acceptors (Lipinski definition) is 6. The Labute approximate surface area is 185 Å². The fraction of sp³-hybridized carbons (Fsp3) is 0.545. The number of amides is 2. The SMILES string of the molecule is CC(C)(C)Cn1c(=O)c(C(=O)NC2CC2)c(O)n2ncc(/C=C/C(=O)N3CCOCC3)c12. The average Bonchev–Trinajstić information content (AvgIpc) is 3.44. The van der Waals surface area contributed by atoms with Crippen molar-refractivity contribution < 1.29 is 19.4 Å². The molecule has 3 heterocycles. The van der Waals surface area contributed by atoms with E-state index in [9.17, 15) is 19.5 Å². The van der Waals surface area contributed by atoms with E-state index in [-0.39, 0.29) is 22.9 Å². The molecule has 2 N–H and O–H groups in total. The van der Waals surface area contributed by atoms with Gasteiger partial charge in [0.25, 0.3) is 11.5 Å². The van der Waals surface area contributed by atoms with Gasteiger partial charge in [0.05, 0.1) is 19.4 Å². The van der Waals surface area contributed by atoms with Crippen molar-refractivity contribution in [3.63, 3.8) is 0 Å². The van der Waals surface area contributed by atoms with Crippen LogP contribution in [0.5, 0.6) is 5.88 Å². The summed E-state index contributed by atoms with van der Waals surface area (Å²) in [4.78, 5) is 40.2. The van der Waals surface area contributed by atoms with Crippen molar-refractivity contribution in [1.82, 2.24) is 24.4 Å². The van der Waals surface area contributed by atoms with Crippen LogP contribution >= 0.6 is 0 Å². The second kappa shape index (κ2) is 8.42. The lowest BCUT2D eigenvalue weighted by Gasteiger charge is -2.25. The fourth-order valence-electron chi connectivity index (χ4n) is 3.69. The summed E-state index contributed by atoms with van der Waals surface area (Å²) in [5, 5.41) is 17.7. The van der Waals surface area contributed by atoms with Gasteiger partial charge in [-0.05, 0) is 24.3 Å². The van der Waals surface area contributed by atoms with Crippen LogP contribution in [-0.2, 0) is 16.1 Å². The minimum Gasteiger partial charge on any atom is -0.492 e. The number of nitrogens with one attached hydrogen (secondary N) is 1. The van der Waals surface area contributed by atoms with Crippen LogP contribution in [0.15, 0.2) is 17.1 Å². The molecule has 10 heteroatoms. The lowest BCUT2D eigenvalue weighted by Crippen LogP contribution is -2.39. The van der Waals surface area contributed by atoms with E-state index < -0.39 is 17.3 Å². The van der Waals surface area contributed by atoms with Crippen LogP contribution in [0.25, 0.3) is 11.7 Å². The molecule has 32 heavy (non-hydrogen) atoms. The first-order chi connectivity index (χ1) is 15.2. The Bertz CT molecular complexity index is 1130. The molecule has 172 valence electrons. The fourth-order valence-corrected chi connectivity index (χ4v) is 3.69. The summed E-state index contributed by atoms with van der Waals surface area (Å²) in [6.45, 7) is 8.26. The van der Waals surface area contributed by atoms with Crippen LogP contribution < -0.4 is 10.9 Å². The molecule has 1 aliphatic carbocycles. The lowest BCUT2D eigenvalue weighted by atomic mass is 9.96. The Morgan fingerprint density at radius 2 is 1.97 bits per heavy atom. The summed E-state index contributed by atoms with van der Waals surface area (Å²) in [7, 11) is 0. The number of carbonyl (C=O) groups is 2. The van der Waals surface area contributed by atoms with Crippen molar-refractivity contribution in [2.45, 2.75) is 46.2 Å². The molecule has 4 rings (SSSR count). The second-order valence-electron chi connectivity index (χ2n) is 9.50. The van der Waals surface area contributed by atoms with Gasteiger partial charge in [0, 0.05) is 37.3 Å². The number of rotatable bonds is 5. The van der Waals surface area contributed by atoms with Gasteiger partial charge < -0.3 is 20.1 Å². The highest BCUT2D eigenvalue weighted by atomic mass is 16.5. The first-order valence-electron chi connectivity index (χ1n) is 10.8. The molecule has 0 atom stereocenters. The minimum absolute atomic E-state index is 0.0374. The van der Waals surface area contributed by atoms with E-state index in [0.29, 0.717) is 44.1 Å². The van der Waals surface area contributed by atoms with Crippen molar-refractivity contribution in [2.24, 2.45) is 5.41 Å².